The van der Waals surface area contributed by atoms with Crippen LogP contribution >= 0.6 is 0 Å². The molecule has 1 aliphatic rings. The standard InChI is InChI=1S/C19H22N4O/c1-15-18(23-10-3-2-6-19(23)21-15)14-22-11-7-16(8-12-22)24-17-5-4-9-20-13-17/h2-6,9-10,13,16H,7-8,11-12,14H2,1H3. The van der Waals surface area contributed by atoms with E-state index in [2.05, 4.69) is 44.5 Å². The second-order valence-corrected chi connectivity index (χ2v) is 6.35. The molecule has 24 heavy (non-hydrogen) atoms. The monoisotopic (exact) mass is 322 g/mol. The van der Waals surface area contributed by atoms with Crippen LogP contribution in [0, 0.1) is 6.92 Å². The number of piperidine rings is 1. The molecule has 5 heteroatoms. The van der Waals surface area contributed by atoms with Gasteiger partial charge in [0.1, 0.15) is 17.5 Å². The predicted molar refractivity (Wildman–Crippen MR) is 93.1 cm³/mol. The second kappa shape index (κ2) is 6.61. The molecule has 3 aromatic heterocycles. The molecule has 0 aromatic carbocycles. The van der Waals surface area contributed by atoms with Crippen molar-refractivity contribution < 1.29 is 4.74 Å². The van der Waals surface area contributed by atoms with Crippen LogP contribution in [0.25, 0.3) is 5.65 Å². The van der Waals surface area contributed by atoms with Crippen molar-refractivity contribution in [3.8, 4) is 5.75 Å². The van der Waals surface area contributed by atoms with Gasteiger partial charge in [0.15, 0.2) is 0 Å². The first-order chi connectivity index (χ1) is 11.8. The summed E-state index contributed by atoms with van der Waals surface area (Å²) in [6.07, 6.45) is 8.04. The molecule has 0 atom stereocenters. The minimum atomic E-state index is 0.286. The van der Waals surface area contributed by atoms with Gasteiger partial charge in [-0.15, -0.1) is 0 Å². The minimum Gasteiger partial charge on any atom is -0.489 e. The number of imidazole rings is 1. The molecule has 0 saturated carbocycles. The third-order valence-corrected chi connectivity index (χ3v) is 4.67. The van der Waals surface area contributed by atoms with Crippen LogP contribution in [0.1, 0.15) is 24.2 Å². The van der Waals surface area contributed by atoms with Gasteiger partial charge in [-0.1, -0.05) is 6.07 Å². The molecular weight excluding hydrogens is 300 g/mol. The molecule has 0 bridgehead atoms. The number of ether oxygens (including phenoxy) is 1. The second-order valence-electron chi connectivity index (χ2n) is 6.35. The third-order valence-electron chi connectivity index (χ3n) is 4.67. The SMILES string of the molecule is Cc1nc2ccccn2c1CN1CCC(Oc2cccnc2)CC1. The Balaban J connectivity index is 1.38. The summed E-state index contributed by atoms with van der Waals surface area (Å²) in [6, 6.07) is 10.0. The van der Waals surface area contributed by atoms with Crippen LogP contribution < -0.4 is 4.74 Å². The highest BCUT2D eigenvalue weighted by Gasteiger charge is 2.22. The van der Waals surface area contributed by atoms with Crippen LogP contribution in [-0.2, 0) is 6.54 Å². The van der Waals surface area contributed by atoms with Crippen LogP contribution in [0.3, 0.4) is 0 Å². The molecule has 3 aromatic rings. The van der Waals surface area contributed by atoms with Crippen LogP contribution in [0.4, 0.5) is 0 Å². The van der Waals surface area contributed by atoms with Crippen molar-refractivity contribution in [3.63, 3.8) is 0 Å². The quantitative estimate of drug-likeness (QED) is 0.740. The van der Waals surface area contributed by atoms with Crippen molar-refractivity contribution in [3.05, 3.63) is 60.3 Å². The van der Waals surface area contributed by atoms with Gasteiger partial charge in [-0.05, 0) is 44.0 Å². The third kappa shape index (κ3) is 3.12. The lowest BCUT2D eigenvalue weighted by molar-refractivity contribution is 0.0956. The van der Waals surface area contributed by atoms with Gasteiger partial charge in [-0.3, -0.25) is 9.88 Å². The van der Waals surface area contributed by atoms with E-state index in [4.69, 9.17) is 4.74 Å². The zero-order valence-corrected chi connectivity index (χ0v) is 13.9. The summed E-state index contributed by atoms with van der Waals surface area (Å²) in [5, 5.41) is 0. The molecule has 0 N–H and O–H groups in total. The molecule has 0 aliphatic carbocycles. The maximum absolute atomic E-state index is 6.03. The van der Waals surface area contributed by atoms with Crippen molar-refractivity contribution in [2.75, 3.05) is 13.1 Å². The van der Waals surface area contributed by atoms with Crippen LogP contribution in [0.5, 0.6) is 5.75 Å². The first-order valence-electron chi connectivity index (χ1n) is 8.51. The van der Waals surface area contributed by atoms with E-state index in [0.29, 0.717) is 0 Å². The molecule has 1 saturated heterocycles. The van der Waals surface area contributed by atoms with E-state index < -0.39 is 0 Å². The van der Waals surface area contributed by atoms with Crippen molar-refractivity contribution in [1.29, 1.82) is 0 Å². The zero-order valence-electron chi connectivity index (χ0n) is 13.9. The van der Waals surface area contributed by atoms with Gasteiger partial charge in [0, 0.05) is 32.0 Å². The summed E-state index contributed by atoms with van der Waals surface area (Å²) in [5.74, 6) is 0.869. The number of likely N-dealkylation sites (tertiary alicyclic amines) is 1. The Morgan fingerprint density at radius 3 is 2.83 bits per heavy atom. The summed E-state index contributed by atoms with van der Waals surface area (Å²) in [5.41, 5.74) is 3.44. The number of pyridine rings is 2. The Morgan fingerprint density at radius 2 is 2.04 bits per heavy atom. The zero-order chi connectivity index (χ0) is 16.4. The van der Waals surface area contributed by atoms with Gasteiger partial charge in [-0.25, -0.2) is 4.98 Å². The van der Waals surface area contributed by atoms with E-state index in [-0.39, 0.29) is 6.10 Å². The first-order valence-corrected chi connectivity index (χ1v) is 8.51. The molecule has 1 aliphatic heterocycles. The molecule has 0 radical (unpaired) electrons. The molecule has 5 nitrogen and oxygen atoms in total. The largest absolute Gasteiger partial charge is 0.489 e. The Kier molecular flexibility index (Phi) is 4.17. The summed E-state index contributed by atoms with van der Waals surface area (Å²) >= 11 is 0. The van der Waals surface area contributed by atoms with Crippen LogP contribution in [0.2, 0.25) is 0 Å². The normalized spacial score (nSPS) is 16.5. The van der Waals surface area contributed by atoms with E-state index in [1.165, 1.54) is 5.69 Å². The number of rotatable bonds is 4. The van der Waals surface area contributed by atoms with Crippen molar-refractivity contribution in [2.24, 2.45) is 0 Å². The van der Waals surface area contributed by atoms with Crippen LogP contribution in [0.15, 0.2) is 48.9 Å². The molecule has 1 fully saturated rings. The van der Waals surface area contributed by atoms with E-state index in [9.17, 15) is 0 Å². The van der Waals surface area contributed by atoms with Gasteiger partial charge in [0.05, 0.1) is 17.6 Å². The molecule has 0 spiro atoms. The lowest BCUT2D eigenvalue weighted by atomic mass is 10.1. The highest BCUT2D eigenvalue weighted by Crippen LogP contribution is 2.21. The fourth-order valence-electron chi connectivity index (χ4n) is 3.36. The Bertz CT molecular complexity index is 807. The topological polar surface area (TPSA) is 42.7 Å². The lowest BCUT2D eigenvalue weighted by Crippen LogP contribution is -2.38. The highest BCUT2D eigenvalue weighted by atomic mass is 16.5. The summed E-state index contributed by atoms with van der Waals surface area (Å²) < 4.78 is 8.23. The highest BCUT2D eigenvalue weighted by molar-refractivity contribution is 5.42. The fraction of sp³-hybridized carbons (Fsp3) is 0.368. The van der Waals surface area contributed by atoms with Gasteiger partial charge in [-0.2, -0.15) is 0 Å². The fourth-order valence-corrected chi connectivity index (χ4v) is 3.36. The lowest BCUT2D eigenvalue weighted by Gasteiger charge is -2.32. The minimum absolute atomic E-state index is 0.286. The predicted octanol–water partition coefficient (Wildman–Crippen LogP) is 3.08. The molecule has 0 amide bonds. The Labute approximate surface area is 141 Å². The number of aromatic nitrogens is 3. The number of nitrogens with zero attached hydrogens (tertiary/aromatic N) is 4. The number of aryl methyl sites for hydroxylation is 1. The van der Waals surface area contributed by atoms with Crippen molar-refractivity contribution in [2.45, 2.75) is 32.4 Å². The van der Waals surface area contributed by atoms with Crippen molar-refractivity contribution >= 4 is 5.65 Å². The summed E-state index contributed by atoms with van der Waals surface area (Å²) in [4.78, 5) is 11.3. The van der Waals surface area contributed by atoms with Gasteiger partial charge >= 0.3 is 0 Å². The summed E-state index contributed by atoms with van der Waals surface area (Å²) in [7, 11) is 0. The van der Waals surface area contributed by atoms with Crippen molar-refractivity contribution in [1.82, 2.24) is 19.3 Å². The number of hydrogen-bond acceptors (Lipinski definition) is 4. The van der Waals surface area contributed by atoms with E-state index >= 15 is 0 Å². The molecule has 4 heterocycles. The maximum atomic E-state index is 6.03. The van der Waals surface area contributed by atoms with Crippen LogP contribution in [-0.4, -0.2) is 38.5 Å². The number of fused-ring (bicyclic) bond motifs is 1. The smallest absolute Gasteiger partial charge is 0.137 e. The molecule has 124 valence electrons. The summed E-state index contributed by atoms with van der Waals surface area (Å²) in [6.45, 7) is 5.13. The molecule has 4 rings (SSSR count). The van der Waals surface area contributed by atoms with Gasteiger partial charge in [0.2, 0.25) is 0 Å². The first kappa shape index (κ1) is 15.1. The number of hydrogen-bond donors (Lipinski definition) is 0. The Hall–Kier alpha value is -2.40. The maximum Gasteiger partial charge on any atom is 0.137 e. The Morgan fingerprint density at radius 1 is 1.17 bits per heavy atom. The van der Waals surface area contributed by atoms with E-state index in [1.54, 1.807) is 12.4 Å². The average Bonchev–Trinajstić information content (AvgIpc) is 2.93. The average molecular weight is 322 g/mol. The van der Waals surface area contributed by atoms with E-state index in [0.717, 1.165) is 49.6 Å². The van der Waals surface area contributed by atoms with E-state index in [1.807, 2.05) is 18.2 Å². The van der Waals surface area contributed by atoms with Gasteiger partial charge in [0.25, 0.3) is 0 Å². The molecular formula is C19H22N4O. The van der Waals surface area contributed by atoms with Gasteiger partial charge < -0.3 is 9.14 Å². The molecule has 0 unspecified atom stereocenters.